The second-order valence-electron chi connectivity index (χ2n) is 6.48. The lowest BCUT2D eigenvalue weighted by Gasteiger charge is -2.10. The number of Topliss-reactive ketones (excluding diaryl/α,β-unsaturated/α-hetero) is 1. The molecule has 3 aromatic rings. The molecule has 0 radical (unpaired) electrons. The van der Waals surface area contributed by atoms with Crippen molar-refractivity contribution in [3.05, 3.63) is 54.1 Å². The summed E-state index contributed by atoms with van der Waals surface area (Å²) in [5.74, 6) is 2.69. The van der Waals surface area contributed by atoms with Gasteiger partial charge in [-0.05, 0) is 55.0 Å². The normalized spacial score (nSPS) is 10.7. The zero-order chi connectivity index (χ0) is 20.6. The SMILES string of the molecule is CCCCn1c(SCC(=O)c2ccc(OC)cc2)nnc1-c1ccc(OC)cc1. The van der Waals surface area contributed by atoms with Crippen LogP contribution in [0.2, 0.25) is 0 Å². The zero-order valence-electron chi connectivity index (χ0n) is 16.9. The molecule has 0 aliphatic carbocycles. The number of hydrogen-bond acceptors (Lipinski definition) is 6. The topological polar surface area (TPSA) is 66.2 Å². The van der Waals surface area contributed by atoms with Gasteiger partial charge in [0.2, 0.25) is 0 Å². The van der Waals surface area contributed by atoms with E-state index in [2.05, 4.69) is 21.7 Å². The molecular formula is C22H25N3O3S. The van der Waals surface area contributed by atoms with Crippen LogP contribution in [0.4, 0.5) is 0 Å². The van der Waals surface area contributed by atoms with Gasteiger partial charge in [0, 0.05) is 17.7 Å². The Morgan fingerprint density at radius 2 is 1.59 bits per heavy atom. The Morgan fingerprint density at radius 3 is 2.17 bits per heavy atom. The van der Waals surface area contributed by atoms with Gasteiger partial charge in [0.25, 0.3) is 0 Å². The number of unbranched alkanes of at least 4 members (excludes halogenated alkanes) is 1. The third-order valence-corrected chi connectivity index (χ3v) is 5.51. The van der Waals surface area contributed by atoms with Gasteiger partial charge in [0.1, 0.15) is 11.5 Å². The molecule has 0 aliphatic rings. The number of ketones is 1. The van der Waals surface area contributed by atoms with E-state index in [9.17, 15) is 4.79 Å². The predicted molar refractivity (Wildman–Crippen MR) is 115 cm³/mol. The fourth-order valence-corrected chi connectivity index (χ4v) is 3.72. The van der Waals surface area contributed by atoms with Crippen molar-refractivity contribution in [2.75, 3.05) is 20.0 Å². The van der Waals surface area contributed by atoms with Crippen molar-refractivity contribution in [3.8, 4) is 22.9 Å². The number of carbonyl (C=O) groups is 1. The van der Waals surface area contributed by atoms with Crippen LogP contribution in [-0.4, -0.2) is 40.5 Å². The van der Waals surface area contributed by atoms with E-state index >= 15 is 0 Å². The average molecular weight is 412 g/mol. The van der Waals surface area contributed by atoms with Gasteiger partial charge in [-0.1, -0.05) is 25.1 Å². The molecular weight excluding hydrogens is 386 g/mol. The number of nitrogens with zero attached hydrogens (tertiary/aromatic N) is 3. The first kappa shape index (κ1) is 20.9. The van der Waals surface area contributed by atoms with E-state index in [4.69, 9.17) is 9.47 Å². The summed E-state index contributed by atoms with van der Waals surface area (Å²) in [6.45, 7) is 2.96. The Hall–Kier alpha value is -2.80. The highest BCUT2D eigenvalue weighted by atomic mass is 32.2. The maximum Gasteiger partial charge on any atom is 0.191 e. The van der Waals surface area contributed by atoms with E-state index in [1.54, 1.807) is 38.5 Å². The molecule has 0 fully saturated rings. The molecule has 0 unspecified atom stereocenters. The zero-order valence-corrected chi connectivity index (χ0v) is 17.7. The van der Waals surface area contributed by atoms with Crippen molar-refractivity contribution < 1.29 is 14.3 Å². The standard InChI is InChI=1S/C22H25N3O3S/c1-4-5-14-25-21(17-8-12-19(28-3)13-9-17)23-24-22(25)29-15-20(26)16-6-10-18(27-2)11-7-16/h6-13H,4-5,14-15H2,1-3H3. The van der Waals surface area contributed by atoms with Gasteiger partial charge in [-0.25, -0.2) is 0 Å². The van der Waals surface area contributed by atoms with Gasteiger partial charge in [-0.15, -0.1) is 10.2 Å². The number of aromatic nitrogens is 3. The highest BCUT2D eigenvalue weighted by Crippen LogP contribution is 2.27. The van der Waals surface area contributed by atoms with Crippen molar-refractivity contribution in [3.63, 3.8) is 0 Å². The van der Waals surface area contributed by atoms with Crippen molar-refractivity contribution in [2.45, 2.75) is 31.5 Å². The van der Waals surface area contributed by atoms with Crippen LogP contribution in [0.3, 0.4) is 0 Å². The molecule has 0 aliphatic heterocycles. The summed E-state index contributed by atoms with van der Waals surface area (Å²) in [6, 6.07) is 14.9. The van der Waals surface area contributed by atoms with Crippen LogP contribution in [0.5, 0.6) is 11.5 Å². The van der Waals surface area contributed by atoms with Crippen LogP contribution in [0.1, 0.15) is 30.1 Å². The van der Waals surface area contributed by atoms with E-state index in [0.717, 1.165) is 47.4 Å². The third-order valence-electron chi connectivity index (χ3n) is 4.54. The van der Waals surface area contributed by atoms with Crippen molar-refractivity contribution in [2.24, 2.45) is 0 Å². The van der Waals surface area contributed by atoms with Gasteiger partial charge in [0.15, 0.2) is 16.8 Å². The number of thioether (sulfide) groups is 1. The first-order valence-electron chi connectivity index (χ1n) is 9.54. The Bertz CT molecular complexity index is 937. The largest absolute Gasteiger partial charge is 0.497 e. The summed E-state index contributed by atoms with van der Waals surface area (Å²) in [4.78, 5) is 12.6. The summed E-state index contributed by atoms with van der Waals surface area (Å²) >= 11 is 1.42. The quantitative estimate of drug-likeness (QED) is 0.355. The molecule has 2 aromatic carbocycles. The van der Waals surface area contributed by atoms with Crippen LogP contribution < -0.4 is 9.47 Å². The Labute approximate surface area is 175 Å². The van der Waals surface area contributed by atoms with Gasteiger partial charge >= 0.3 is 0 Å². The highest BCUT2D eigenvalue weighted by molar-refractivity contribution is 7.99. The first-order chi connectivity index (χ1) is 14.2. The molecule has 3 rings (SSSR count). The van der Waals surface area contributed by atoms with Crippen LogP contribution in [0, 0.1) is 0 Å². The molecule has 1 aromatic heterocycles. The number of ether oxygens (including phenoxy) is 2. The second-order valence-corrected chi connectivity index (χ2v) is 7.42. The smallest absolute Gasteiger partial charge is 0.191 e. The molecule has 0 bridgehead atoms. The van der Waals surface area contributed by atoms with Crippen LogP contribution in [-0.2, 0) is 6.54 Å². The molecule has 0 amide bonds. The van der Waals surface area contributed by atoms with Gasteiger partial charge < -0.3 is 14.0 Å². The minimum atomic E-state index is 0.0497. The number of methoxy groups -OCH3 is 2. The molecule has 6 nitrogen and oxygen atoms in total. The van der Waals surface area contributed by atoms with Crippen LogP contribution >= 0.6 is 11.8 Å². The Morgan fingerprint density at radius 1 is 0.966 bits per heavy atom. The predicted octanol–water partition coefficient (Wildman–Crippen LogP) is 4.74. The molecule has 0 spiro atoms. The molecule has 1 heterocycles. The van der Waals surface area contributed by atoms with E-state index in [1.165, 1.54) is 11.8 Å². The number of hydrogen-bond donors (Lipinski definition) is 0. The lowest BCUT2D eigenvalue weighted by atomic mass is 10.1. The Kier molecular flexibility index (Phi) is 7.30. The van der Waals surface area contributed by atoms with E-state index in [1.807, 2.05) is 24.3 Å². The van der Waals surface area contributed by atoms with Gasteiger partial charge in [0.05, 0.1) is 20.0 Å². The fraction of sp³-hybridized carbons (Fsp3) is 0.318. The summed E-state index contributed by atoms with van der Waals surface area (Å²) in [6.07, 6.45) is 2.08. The average Bonchev–Trinajstić information content (AvgIpc) is 3.18. The third kappa shape index (κ3) is 5.17. The lowest BCUT2D eigenvalue weighted by Crippen LogP contribution is -2.06. The van der Waals surface area contributed by atoms with Gasteiger partial charge in [-0.2, -0.15) is 0 Å². The van der Waals surface area contributed by atoms with E-state index in [-0.39, 0.29) is 5.78 Å². The molecule has 152 valence electrons. The van der Waals surface area contributed by atoms with Crippen molar-refractivity contribution >= 4 is 17.5 Å². The fourth-order valence-electron chi connectivity index (χ4n) is 2.86. The van der Waals surface area contributed by atoms with Crippen LogP contribution in [0.25, 0.3) is 11.4 Å². The highest BCUT2D eigenvalue weighted by Gasteiger charge is 2.16. The minimum Gasteiger partial charge on any atom is -0.497 e. The lowest BCUT2D eigenvalue weighted by molar-refractivity contribution is 0.102. The maximum atomic E-state index is 12.6. The van der Waals surface area contributed by atoms with Gasteiger partial charge in [-0.3, -0.25) is 4.79 Å². The summed E-state index contributed by atoms with van der Waals surface area (Å²) in [5, 5.41) is 9.50. The summed E-state index contributed by atoms with van der Waals surface area (Å²) in [7, 11) is 3.25. The molecule has 29 heavy (non-hydrogen) atoms. The Balaban J connectivity index is 1.77. The van der Waals surface area contributed by atoms with Crippen molar-refractivity contribution in [1.82, 2.24) is 14.8 Å². The van der Waals surface area contributed by atoms with Crippen LogP contribution in [0.15, 0.2) is 53.7 Å². The van der Waals surface area contributed by atoms with E-state index < -0.39 is 0 Å². The molecule has 0 N–H and O–H groups in total. The monoisotopic (exact) mass is 411 g/mol. The number of carbonyl (C=O) groups excluding carboxylic acids is 1. The first-order valence-corrected chi connectivity index (χ1v) is 10.5. The molecule has 0 saturated heterocycles. The summed E-state index contributed by atoms with van der Waals surface area (Å²) < 4.78 is 12.5. The number of benzene rings is 2. The maximum absolute atomic E-state index is 12.6. The molecule has 7 heteroatoms. The minimum absolute atomic E-state index is 0.0497. The molecule has 0 saturated carbocycles. The van der Waals surface area contributed by atoms with Crippen molar-refractivity contribution in [1.29, 1.82) is 0 Å². The van der Waals surface area contributed by atoms with E-state index in [0.29, 0.717) is 11.3 Å². The second kappa shape index (κ2) is 10.1. The molecule has 0 atom stereocenters. The number of rotatable bonds is 10. The summed E-state index contributed by atoms with van der Waals surface area (Å²) in [5.41, 5.74) is 1.64.